The molecule has 2 amide bonds. The fourth-order valence-corrected chi connectivity index (χ4v) is 4.17. The highest BCUT2D eigenvalue weighted by molar-refractivity contribution is 7.18. The van der Waals surface area contributed by atoms with Crippen LogP contribution in [-0.4, -0.2) is 39.3 Å². The first-order chi connectivity index (χ1) is 15.5. The van der Waals surface area contributed by atoms with Gasteiger partial charge < -0.3 is 5.32 Å². The third kappa shape index (κ3) is 5.26. The van der Waals surface area contributed by atoms with E-state index in [9.17, 15) is 9.59 Å². The molecule has 0 bridgehead atoms. The highest BCUT2D eigenvalue weighted by atomic mass is 32.1. The predicted molar refractivity (Wildman–Crippen MR) is 127 cm³/mol. The van der Waals surface area contributed by atoms with Crippen molar-refractivity contribution >= 4 is 34.0 Å². The van der Waals surface area contributed by atoms with Crippen molar-refractivity contribution in [3.05, 3.63) is 65.7 Å². The molecular formula is C24H25N5O2S. The topological polar surface area (TPSA) is 87.5 Å². The molecule has 0 unspecified atom stereocenters. The first-order valence-corrected chi connectivity index (χ1v) is 11.5. The molecule has 0 saturated carbocycles. The molecule has 7 nitrogen and oxygen atoms in total. The molecular weight excluding hydrogens is 422 g/mol. The Labute approximate surface area is 191 Å². The van der Waals surface area contributed by atoms with Crippen LogP contribution in [0.2, 0.25) is 0 Å². The van der Waals surface area contributed by atoms with Gasteiger partial charge in [-0.2, -0.15) is 5.10 Å². The van der Waals surface area contributed by atoms with Gasteiger partial charge in [-0.15, -0.1) is 10.2 Å². The molecule has 0 fully saturated rings. The summed E-state index contributed by atoms with van der Waals surface area (Å²) in [4.78, 5) is 24.8. The van der Waals surface area contributed by atoms with E-state index in [0.29, 0.717) is 24.0 Å². The van der Waals surface area contributed by atoms with Gasteiger partial charge >= 0.3 is 0 Å². The molecule has 0 spiro atoms. The van der Waals surface area contributed by atoms with Crippen LogP contribution in [-0.2, 0) is 9.59 Å². The number of nitrogens with one attached hydrogen (secondary N) is 1. The number of hydrazone groups is 1. The average Bonchev–Trinajstić information content (AvgIpc) is 3.48. The number of nitrogens with zero attached hydrogens (tertiary/aromatic N) is 4. The fraction of sp³-hybridized carbons (Fsp3) is 0.292. The Hall–Kier alpha value is -3.39. The molecule has 0 aliphatic carbocycles. The van der Waals surface area contributed by atoms with Crippen molar-refractivity contribution in [2.24, 2.45) is 5.10 Å². The predicted octanol–water partition coefficient (Wildman–Crippen LogP) is 4.68. The Balaban J connectivity index is 1.28. The zero-order chi connectivity index (χ0) is 22.5. The molecule has 0 radical (unpaired) electrons. The summed E-state index contributed by atoms with van der Waals surface area (Å²) < 4.78 is 0. The lowest BCUT2D eigenvalue weighted by Gasteiger charge is -2.10. The molecule has 32 heavy (non-hydrogen) atoms. The third-order valence-electron chi connectivity index (χ3n) is 5.26. The Kier molecular flexibility index (Phi) is 6.70. The van der Waals surface area contributed by atoms with E-state index in [1.807, 2.05) is 42.5 Å². The monoisotopic (exact) mass is 447 g/mol. The van der Waals surface area contributed by atoms with Crippen molar-refractivity contribution in [2.75, 3.05) is 11.9 Å². The molecule has 3 aromatic rings. The number of benzene rings is 2. The van der Waals surface area contributed by atoms with E-state index in [-0.39, 0.29) is 24.7 Å². The maximum atomic E-state index is 12.5. The number of aromatic nitrogens is 2. The van der Waals surface area contributed by atoms with Gasteiger partial charge in [0.15, 0.2) is 0 Å². The summed E-state index contributed by atoms with van der Waals surface area (Å²) in [5.41, 5.74) is 4.14. The summed E-state index contributed by atoms with van der Waals surface area (Å²) in [7, 11) is 0. The highest BCUT2D eigenvalue weighted by Gasteiger charge is 2.22. The SMILES string of the molecule is CC(C)c1ccc(-c2nnc(NC(=O)CCC(=O)N3CCC(c4ccccc4)=N3)s2)cc1. The second-order valence-corrected chi connectivity index (χ2v) is 8.89. The van der Waals surface area contributed by atoms with E-state index < -0.39 is 0 Å². The van der Waals surface area contributed by atoms with E-state index in [1.165, 1.54) is 21.9 Å². The lowest BCUT2D eigenvalue weighted by Crippen LogP contribution is -2.24. The van der Waals surface area contributed by atoms with E-state index >= 15 is 0 Å². The van der Waals surface area contributed by atoms with Gasteiger partial charge in [0, 0.05) is 24.8 Å². The van der Waals surface area contributed by atoms with Crippen molar-refractivity contribution < 1.29 is 9.59 Å². The lowest BCUT2D eigenvalue weighted by atomic mass is 10.0. The minimum absolute atomic E-state index is 0.0729. The van der Waals surface area contributed by atoms with Crippen LogP contribution >= 0.6 is 11.3 Å². The van der Waals surface area contributed by atoms with E-state index in [1.54, 1.807) is 0 Å². The molecule has 8 heteroatoms. The molecule has 0 saturated heterocycles. The van der Waals surface area contributed by atoms with Gasteiger partial charge in [-0.1, -0.05) is 79.8 Å². The van der Waals surface area contributed by atoms with Gasteiger partial charge in [0.25, 0.3) is 0 Å². The first-order valence-electron chi connectivity index (χ1n) is 10.7. The van der Waals surface area contributed by atoms with E-state index in [4.69, 9.17) is 0 Å². The fourth-order valence-electron chi connectivity index (χ4n) is 3.40. The second-order valence-electron chi connectivity index (χ2n) is 7.92. The summed E-state index contributed by atoms with van der Waals surface area (Å²) in [6.07, 6.45) is 0.886. The molecule has 2 heterocycles. The molecule has 1 aromatic heterocycles. The van der Waals surface area contributed by atoms with Gasteiger partial charge in [0.1, 0.15) is 5.01 Å². The maximum absolute atomic E-state index is 12.5. The Morgan fingerprint density at radius 2 is 1.75 bits per heavy atom. The minimum Gasteiger partial charge on any atom is -0.301 e. The van der Waals surface area contributed by atoms with Gasteiger partial charge in [-0.25, -0.2) is 5.01 Å². The summed E-state index contributed by atoms with van der Waals surface area (Å²) in [6, 6.07) is 18.0. The van der Waals surface area contributed by atoms with Crippen LogP contribution in [0, 0.1) is 0 Å². The Bertz CT molecular complexity index is 1120. The van der Waals surface area contributed by atoms with Crippen LogP contribution in [0.25, 0.3) is 10.6 Å². The third-order valence-corrected chi connectivity index (χ3v) is 6.15. The van der Waals surface area contributed by atoms with E-state index in [0.717, 1.165) is 21.8 Å². The zero-order valence-electron chi connectivity index (χ0n) is 18.1. The van der Waals surface area contributed by atoms with Gasteiger partial charge in [-0.05, 0) is 17.0 Å². The van der Waals surface area contributed by atoms with Crippen LogP contribution in [0.3, 0.4) is 0 Å². The number of carbonyl (C=O) groups excluding carboxylic acids is 2. The molecule has 1 N–H and O–H groups in total. The van der Waals surface area contributed by atoms with Gasteiger partial charge in [0.05, 0.1) is 12.3 Å². The first kappa shape index (κ1) is 21.8. The van der Waals surface area contributed by atoms with Crippen LogP contribution in [0.5, 0.6) is 0 Å². The molecule has 164 valence electrons. The summed E-state index contributed by atoms with van der Waals surface area (Å²) in [6.45, 7) is 4.84. The number of hydrogen-bond acceptors (Lipinski definition) is 6. The number of rotatable bonds is 7. The van der Waals surface area contributed by atoms with Gasteiger partial charge in [-0.3, -0.25) is 9.59 Å². The van der Waals surface area contributed by atoms with Gasteiger partial charge in [0.2, 0.25) is 16.9 Å². The Morgan fingerprint density at radius 1 is 1.00 bits per heavy atom. The van der Waals surface area contributed by atoms with E-state index in [2.05, 4.69) is 46.6 Å². The molecule has 2 aromatic carbocycles. The largest absolute Gasteiger partial charge is 0.301 e. The molecule has 1 aliphatic heterocycles. The summed E-state index contributed by atoms with van der Waals surface area (Å²) in [5, 5.41) is 18.0. The lowest BCUT2D eigenvalue weighted by molar-refractivity contribution is -0.132. The number of hydrogen-bond donors (Lipinski definition) is 1. The molecule has 4 rings (SSSR count). The summed E-state index contributed by atoms with van der Waals surface area (Å²) >= 11 is 1.31. The molecule has 0 atom stereocenters. The van der Waals surface area contributed by atoms with Crippen molar-refractivity contribution in [2.45, 2.75) is 39.0 Å². The number of carbonyl (C=O) groups is 2. The smallest absolute Gasteiger partial charge is 0.243 e. The molecule has 1 aliphatic rings. The normalized spacial score (nSPS) is 13.3. The van der Waals surface area contributed by atoms with Crippen molar-refractivity contribution in [1.82, 2.24) is 15.2 Å². The second kappa shape index (κ2) is 9.82. The van der Waals surface area contributed by atoms with Crippen molar-refractivity contribution in [3.63, 3.8) is 0 Å². The highest BCUT2D eigenvalue weighted by Crippen LogP contribution is 2.28. The standard InChI is InChI=1S/C24H25N5O2S/c1-16(2)17-8-10-19(11-9-17)23-26-27-24(32-23)25-21(30)12-13-22(31)29-15-14-20(28-29)18-6-4-3-5-7-18/h3-11,16H,12-15H2,1-2H3,(H,25,27,30). The number of amides is 2. The summed E-state index contributed by atoms with van der Waals surface area (Å²) in [5.74, 6) is 0.0455. The Morgan fingerprint density at radius 3 is 2.47 bits per heavy atom. The minimum atomic E-state index is -0.261. The van der Waals surface area contributed by atoms with Crippen LogP contribution in [0.1, 0.15) is 50.2 Å². The average molecular weight is 448 g/mol. The van der Waals surface area contributed by atoms with Crippen molar-refractivity contribution in [1.29, 1.82) is 0 Å². The quantitative estimate of drug-likeness (QED) is 0.569. The zero-order valence-corrected chi connectivity index (χ0v) is 18.9. The van der Waals surface area contributed by atoms with Crippen LogP contribution < -0.4 is 5.32 Å². The van der Waals surface area contributed by atoms with Crippen LogP contribution in [0.4, 0.5) is 5.13 Å². The number of anilines is 1. The van der Waals surface area contributed by atoms with Crippen molar-refractivity contribution in [3.8, 4) is 10.6 Å². The maximum Gasteiger partial charge on any atom is 0.243 e. The van der Waals surface area contributed by atoms with Crippen LogP contribution in [0.15, 0.2) is 59.7 Å².